The first-order valence-corrected chi connectivity index (χ1v) is 50.4. The molecule has 25 aromatic rings. The van der Waals surface area contributed by atoms with Crippen LogP contribution in [0.4, 0.5) is 51.2 Å². The van der Waals surface area contributed by atoms with Crippen molar-refractivity contribution in [1.82, 2.24) is 0 Å². The van der Waals surface area contributed by atoms with Crippen molar-refractivity contribution in [3.8, 4) is 89.0 Å². The van der Waals surface area contributed by atoms with E-state index in [-0.39, 0.29) is 16.2 Å². The minimum Gasteiger partial charge on any atom is -0.456 e. The van der Waals surface area contributed by atoms with Crippen LogP contribution in [0.15, 0.2) is 500 Å². The number of hydrogen-bond acceptors (Lipinski definition) is 6. The highest BCUT2D eigenvalue weighted by atomic mass is 32.1. The second-order valence-corrected chi connectivity index (χ2v) is 40.8. The predicted molar refractivity (Wildman–Crippen MR) is 606 cm³/mol. The summed E-state index contributed by atoms with van der Waals surface area (Å²) in [6, 6.07) is 178. The molecule has 28 rings (SSSR count). The van der Waals surface area contributed by atoms with Gasteiger partial charge in [0.1, 0.15) is 22.3 Å². The SMILES string of the molecule is CC1(C)c2cc(N(c3ccc(-c4ccccc4)cc3)c3ccc(-c4ccc5ccccc5c4)cc3)ccc2-c2cc3c(cc21)oc1ccccc13.CC1(C)c2cc(N(c3ccc(-c4ccccc4)cc3)c3ccc(-c4ccccc4)cc3)ccc2-c2cc3c(cc21)oc1ccccc13.CC1(C)c2ccccc2-c2c1ccc1c2sc2cccc(N(c3ccccc3)c3ccc(-c4ccc5ccccc5c4)cc3)c21. The molecule has 3 heterocycles. The minimum atomic E-state index is -0.198. The third kappa shape index (κ3) is 14.9. The third-order valence-corrected chi connectivity index (χ3v) is 31.6. The van der Waals surface area contributed by atoms with Gasteiger partial charge in [0.25, 0.3) is 0 Å². The van der Waals surface area contributed by atoms with Crippen LogP contribution >= 0.6 is 11.3 Å². The first kappa shape index (κ1) is 86.0. The second-order valence-electron chi connectivity index (χ2n) is 39.8. The van der Waals surface area contributed by atoms with Crippen LogP contribution in [0, 0.1) is 0 Å². The number of para-hydroxylation sites is 3. The van der Waals surface area contributed by atoms with Crippen molar-refractivity contribution in [2.24, 2.45) is 0 Å². The van der Waals surface area contributed by atoms with Crippen LogP contribution in [0.1, 0.15) is 74.9 Å². The molecular weight excluding hydrogens is 1750 g/mol. The molecule has 6 heteroatoms. The van der Waals surface area contributed by atoms with Gasteiger partial charge in [0, 0.05) is 109 Å². The lowest BCUT2D eigenvalue weighted by Gasteiger charge is -2.28. The zero-order valence-corrected chi connectivity index (χ0v) is 81.1. The van der Waals surface area contributed by atoms with Crippen molar-refractivity contribution < 1.29 is 8.83 Å². The molecule has 3 aromatic heterocycles. The monoisotopic (exact) mass is 1850 g/mol. The highest BCUT2D eigenvalue weighted by Gasteiger charge is 2.41. The van der Waals surface area contributed by atoms with Gasteiger partial charge in [-0.25, -0.2) is 0 Å². The van der Waals surface area contributed by atoms with Crippen molar-refractivity contribution in [3.63, 3.8) is 0 Å². The number of furan rings is 2. The Balaban J connectivity index is 0.000000110. The molecule has 22 aromatic carbocycles. The summed E-state index contributed by atoms with van der Waals surface area (Å²) in [6.45, 7) is 14.1. The van der Waals surface area contributed by atoms with E-state index in [9.17, 15) is 0 Å². The largest absolute Gasteiger partial charge is 0.456 e. The van der Waals surface area contributed by atoms with E-state index in [2.05, 4.69) is 535 Å². The van der Waals surface area contributed by atoms with Crippen LogP contribution in [-0.4, -0.2) is 0 Å². The molecule has 143 heavy (non-hydrogen) atoms. The van der Waals surface area contributed by atoms with Gasteiger partial charge in [0.15, 0.2) is 0 Å². The molecule has 680 valence electrons. The van der Waals surface area contributed by atoms with Crippen molar-refractivity contribution in [2.75, 3.05) is 14.7 Å². The van der Waals surface area contributed by atoms with E-state index in [1.807, 2.05) is 23.5 Å². The molecule has 0 spiro atoms. The van der Waals surface area contributed by atoms with Crippen LogP contribution < -0.4 is 14.7 Å². The topological polar surface area (TPSA) is 36.0 Å². The van der Waals surface area contributed by atoms with Gasteiger partial charge in [-0.1, -0.05) is 375 Å². The molecule has 3 aliphatic rings. The van der Waals surface area contributed by atoms with Crippen molar-refractivity contribution in [2.45, 2.75) is 57.8 Å². The molecule has 0 saturated heterocycles. The number of anilines is 9. The number of rotatable bonds is 14. The Morgan fingerprint density at radius 3 is 0.979 bits per heavy atom. The van der Waals surface area contributed by atoms with Crippen LogP contribution in [0.25, 0.3) is 175 Å². The first-order valence-electron chi connectivity index (χ1n) is 49.5. The van der Waals surface area contributed by atoms with E-state index in [1.54, 1.807) is 0 Å². The van der Waals surface area contributed by atoms with Crippen LogP contribution in [0.2, 0.25) is 0 Å². The summed E-state index contributed by atoms with van der Waals surface area (Å²) in [6.07, 6.45) is 0. The van der Waals surface area contributed by atoms with Crippen LogP contribution in [0.3, 0.4) is 0 Å². The zero-order chi connectivity index (χ0) is 95.8. The summed E-state index contributed by atoms with van der Waals surface area (Å²) in [4.78, 5) is 7.18. The van der Waals surface area contributed by atoms with Gasteiger partial charge in [0.05, 0.1) is 5.69 Å². The molecule has 3 aliphatic carbocycles. The summed E-state index contributed by atoms with van der Waals surface area (Å²) in [5, 5.41) is 12.3. The maximum Gasteiger partial charge on any atom is 0.135 e. The van der Waals surface area contributed by atoms with Gasteiger partial charge >= 0.3 is 0 Å². The minimum absolute atomic E-state index is 0.0119. The standard InChI is InChI=1S/C49H35NO.C45H33NO.C43H31NS/c1-49(2)45-29-40(26-27-41(45)43-30-44-42-14-8-9-15-47(42)51-48(44)31-46(43)49)50(38-22-18-34(19-23-38)32-10-4-3-5-11-32)39-24-20-35(21-25-39)37-17-16-33-12-6-7-13-36(33)28-37;1-45(2)41-27-36(25-26-37(41)39-28-40-38-15-9-10-16-43(38)47-44(40)29-42(39)45)46(34-21-17-32(18-22-34)30-11-5-3-6-12-30)35-23-19-33(20-24-35)31-13-7-4-8-14-31;1-43(2)36-16-9-8-15-34(36)40-37(43)26-25-35-41-38(17-10-18-39(41)45-42(35)40)44(32-13-4-3-5-14-32)33-23-21-29(22-24-33)31-20-19-28-11-6-7-12-30(28)27-31/h3-31H,1-2H3;3-29H,1-2H3;3-27H,1-2H3. The Morgan fingerprint density at radius 2 is 0.531 bits per heavy atom. The fraction of sp³-hybridized carbons (Fsp3) is 0.0657. The molecule has 0 fully saturated rings. The van der Waals surface area contributed by atoms with E-state index in [0.29, 0.717) is 0 Å². The van der Waals surface area contributed by atoms with E-state index in [0.717, 1.165) is 78.6 Å². The average Bonchev–Trinajstić information content (AvgIpc) is 1.55. The van der Waals surface area contributed by atoms with E-state index >= 15 is 0 Å². The molecule has 0 N–H and O–H groups in total. The molecule has 0 saturated carbocycles. The molecule has 0 radical (unpaired) electrons. The van der Waals surface area contributed by atoms with Gasteiger partial charge in [-0.2, -0.15) is 0 Å². The highest BCUT2D eigenvalue weighted by Crippen LogP contribution is 2.59. The third-order valence-electron chi connectivity index (χ3n) is 30.4. The summed E-state index contributed by atoms with van der Waals surface area (Å²) in [5.74, 6) is 0. The second kappa shape index (κ2) is 34.6. The van der Waals surface area contributed by atoms with Gasteiger partial charge in [-0.05, 0) is 296 Å². The molecule has 0 bridgehead atoms. The summed E-state index contributed by atoms with van der Waals surface area (Å²) >= 11 is 1.93. The maximum absolute atomic E-state index is 6.34. The molecule has 0 amide bonds. The quantitative estimate of drug-likeness (QED) is 0.108. The molecule has 0 aliphatic heterocycles. The van der Waals surface area contributed by atoms with Crippen LogP contribution in [-0.2, 0) is 16.2 Å². The Morgan fingerprint density at radius 1 is 0.189 bits per heavy atom. The molecule has 0 atom stereocenters. The lowest BCUT2D eigenvalue weighted by Crippen LogP contribution is -2.16. The number of thiophene rings is 1. The zero-order valence-electron chi connectivity index (χ0n) is 80.3. The number of hydrogen-bond donors (Lipinski definition) is 0. The van der Waals surface area contributed by atoms with E-state index in [4.69, 9.17) is 8.83 Å². The predicted octanol–water partition coefficient (Wildman–Crippen LogP) is 39.2. The van der Waals surface area contributed by atoms with E-state index in [1.165, 1.54) is 181 Å². The molecule has 0 unspecified atom stereocenters. The summed E-state index contributed by atoms with van der Waals surface area (Å²) in [7, 11) is 0. The van der Waals surface area contributed by atoms with Crippen molar-refractivity contribution >= 4 is 148 Å². The average molecular weight is 1850 g/mol. The highest BCUT2D eigenvalue weighted by molar-refractivity contribution is 7.26. The normalized spacial score (nSPS) is 13.1. The molecular formula is C137H99N3O2S. The Hall–Kier alpha value is -17.4. The van der Waals surface area contributed by atoms with Crippen LogP contribution in [0.5, 0.6) is 0 Å². The Bertz CT molecular complexity index is 9180. The van der Waals surface area contributed by atoms with Gasteiger partial charge < -0.3 is 23.5 Å². The Labute approximate surface area is 837 Å². The van der Waals surface area contributed by atoms with Gasteiger partial charge in [0.2, 0.25) is 0 Å². The molecule has 5 nitrogen and oxygen atoms in total. The van der Waals surface area contributed by atoms with Gasteiger partial charge in [-0.15, -0.1) is 11.3 Å². The summed E-state index contributed by atoms with van der Waals surface area (Å²) in [5.41, 5.74) is 41.8. The van der Waals surface area contributed by atoms with Crippen molar-refractivity contribution in [1.29, 1.82) is 0 Å². The summed E-state index contributed by atoms with van der Waals surface area (Å²) < 4.78 is 15.4. The lowest BCUT2D eigenvalue weighted by atomic mass is 9.82. The Kier molecular flexibility index (Phi) is 20.8. The number of benzene rings is 22. The van der Waals surface area contributed by atoms with E-state index < -0.39 is 0 Å². The van der Waals surface area contributed by atoms with Crippen molar-refractivity contribution in [3.05, 3.63) is 525 Å². The number of nitrogens with zero attached hydrogens (tertiary/aromatic N) is 3. The fourth-order valence-corrected chi connectivity index (χ4v) is 24.2. The fourth-order valence-electron chi connectivity index (χ4n) is 22.9. The maximum atomic E-state index is 6.34. The van der Waals surface area contributed by atoms with Gasteiger partial charge in [-0.3, -0.25) is 0 Å². The number of fused-ring (bicyclic) bond motifs is 21. The lowest BCUT2D eigenvalue weighted by molar-refractivity contribution is 0.647. The first-order chi connectivity index (χ1) is 70.1. The smallest absolute Gasteiger partial charge is 0.135 e.